The summed E-state index contributed by atoms with van der Waals surface area (Å²) in [6.07, 6.45) is 1.92. The van der Waals surface area contributed by atoms with Gasteiger partial charge in [-0.15, -0.1) is 0 Å². The minimum absolute atomic E-state index is 0.296. The van der Waals surface area contributed by atoms with Gasteiger partial charge in [0.1, 0.15) is 5.82 Å². The maximum absolute atomic E-state index is 13.8. The van der Waals surface area contributed by atoms with Gasteiger partial charge in [-0.25, -0.2) is 9.37 Å². The van der Waals surface area contributed by atoms with Gasteiger partial charge < -0.3 is 5.73 Å². The number of nitrogens with two attached hydrogens (primary N) is 1. The van der Waals surface area contributed by atoms with Crippen LogP contribution < -0.4 is 5.73 Å². The van der Waals surface area contributed by atoms with Crippen LogP contribution >= 0.6 is 11.8 Å². The molecule has 1 heterocycles. The number of primary amides is 1. The molecule has 0 atom stereocenters. The van der Waals surface area contributed by atoms with Crippen molar-refractivity contribution in [3.05, 3.63) is 102 Å². The lowest BCUT2D eigenvalue weighted by molar-refractivity contribution is 0.100. The standard InChI is InChI=1S/C23H18FN3OS/c24-19-7-4-8-20(13-19)27-14-21(17-5-2-1-3-6-17)26-23(27)29-15-16-9-11-18(12-10-16)22(25)28/h1-14H,15H2,(H2,25,28). The van der Waals surface area contributed by atoms with Gasteiger partial charge in [-0.3, -0.25) is 9.36 Å². The van der Waals surface area contributed by atoms with E-state index >= 15 is 0 Å². The van der Waals surface area contributed by atoms with Gasteiger partial charge in [-0.2, -0.15) is 0 Å². The quantitative estimate of drug-likeness (QED) is 0.457. The highest BCUT2D eigenvalue weighted by atomic mass is 32.2. The summed E-state index contributed by atoms with van der Waals surface area (Å²) < 4.78 is 15.7. The van der Waals surface area contributed by atoms with Gasteiger partial charge in [0.05, 0.1) is 11.4 Å². The number of aromatic nitrogens is 2. The number of hydrogen-bond donors (Lipinski definition) is 1. The molecule has 4 rings (SSSR count). The summed E-state index contributed by atoms with van der Waals surface area (Å²) in [5.41, 5.74) is 9.34. The molecule has 3 aromatic carbocycles. The highest BCUT2D eigenvalue weighted by Crippen LogP contribution is 2.29. The van der Waals surface area contributed by atoms with Crippen molar-refractivity contribution in [1.29, 1.82) is 0 Å². The molecule has 0 radical (unpaired) electrons. The fourth-order valence-electron chi connectivity index (χ4n) is 2.94. The number of hydrogen-bond acceptors (Lipinski definition) is 3. The minimum Gasteiger partial charge on any atom is -0.366 e. The first-order valence-electron chi connectivity index (χ1n) is 9.02. The van der Waals surface area contributed by atoms with Crippen LogP contribution in [0.5, 0.6) is 0 Å². The summed E-state index contributed by atoms with van der Waals surface area (Å²) in [5, 5.41) is 0.758. The summed E-state index contributed by atoms with van der Waals surface area (Å²) in [7, 11) is 0. The zero-order valence-corrected chi connectivity index (χ0v) is 16.3. The van der Waals surface area contributed by atoms with Crippen LogP contribution in [-0.4, -0.2) is 15.5 Å². The first kappa shape index (κ1) is 19.0. The molecule has 0 fully saturated rings. The number of nitrogens with zero attached hydrogens (tertiary/aromatic N) is 2. The van der Waals surface area contributed by atoms with Gasteiger partial charge in [-0.1, -0.05) is 60.3 Å². The number of halogens is 1. The largest absolute Gasteiger partial charge is 0.366 e. The fraction of sp³-hybridized carbons (Fsp3) is 0.0435. The predicted molar refractivity (Wildman–Crippen MR) is 113 cm³/mol. The highest BCUT2D eigenvalue weighted by Gasteiger charge is 2.13. The summed E-state index contributed by atoms with van der Waals surface area (Å²) in [4.78, 5) is 16.0. The summed E-state index contributed by atoms with van der Waals surface area (Å²) in [5.74, 6) is -0.0895. The number of imidazole rings is 1. The van der Waals surface area contributed by atoms with E-state index in [0.717, 1.165) is 22.0 Å². The Balaban J connectivity index is 1.65. The first-order chi connectivity index (χ1) is 14.1. The Hall–Kier alpha value is -3.38. The average Bonchev–Trinajstić information content (AvgIpc) is 3.17. The van der Waals surface area contributed by atoms with Gasteiger partial charge in [0, 0.05) is 23.1 Å². The normalized spacial score (nSPS) is 10.8. The van der Waals surface area contributed by atoms with E-state index in [0.29, 0.717) is 17.0 Å². The lowest BCUT2D eigenvalue weighted by atomic mass is 10.1. The average molecular weight is 403 g/mol. The van der Waals surface area contributed by atoms with E-state index in [1.54, 1.807) is 30.0 Å². The van der Waals surface area contributed by atoms with E-state index in [1.165, 1.54) is 12.1 Å². The number of amides is 1. The van der Waals surface area contributed by atoms with Gasteiger partial charge >= 0.3 is 0 Å². The smallest absolute Gasteiger partial charge is 0.248 e. The number of carbonyl (C=O) groups excluding carboxylic acids is 1. The Morgan fingerprint density at radius 3 is 2.45 bits per heavy atom. The molecule has 6 heteroatoms. The number of benzene rings is 3. The molecule has 4 aromatic rings. The second kappa shape index (κ2) is 8.32. The van der Waals surface area contributed by atoms with Gasteiger partial charge in [0.25, 0.3) is 0 Å². The summed E-state index contributed by atoms with van der Waals surface area (Å²) in [6, 6.07) is 23.5. The molecule has 144 valence electrons. The van der Waals surface area contributed by atoms with Crippen molar-refractivity contribution in [1.82, 2.24) is 9.55 Å². The Morgan fingerprint density at radius 1 is 1.00 bits per heavy atom. The van der Waals surface area contributed by atoms with Gasteiger partial charge in [0.2, 0.25) is 5.91 Å². The van der Waals surface area contributed by atoms with Gasteiger partial charge in [0.15, 0.2) is 5.16 Å². The topological polar surface area (TPSA) is 60.9 Å². The van der Waals surface area contributed by atoms with Crippen molar-refractivity contribution in [3.8, 4) is 16.9 Å². The Kier molecular flexibility index (Phi) is 5.44. The molecule has 1 amide bonds. The van der Waals surface area contributed by atoms with Crippen molar-refractivity contribution in [3.63, 3.8) is 0 Å². The molecule has 0 spiro atoms. The molecule has 0 aliphatic rings. The maximum atomic E-state index is 13.8. The van der Waals surface area contributed by atoms with Crippen molar-refractivity contribution in [2.24, 2.45) is 5.73 Å². The second-order valence-corrected chi connectivity index (χ2v) is 7.42. The van der Waals surface area contributed by atoms with Crippen LogP contribution in [0.3, 0.4) is 0 Å². The molecule has 0 aliphatic heterocycles. The third kappa shape index (κ3) is 4.38. The highest BCUT2D eigenvalue weighted by molar-refractivity contribution is 7.98. The van der Waals surface area contributed by atoms with E-state index in [4.69, 9.17) is 10.7 Å². The molecule has 0 aliphatic carbocycles. The van der Waals surface area contributed by atoms with Crippen LogP contribution in [-0.2, 0) is 5.75 Å². The number of thioether (sulfide) groups is 1. The monoisotopic (exact) mass is 403 g/mol. The fourth-order valence-corrected chi connectivity index (χ4v) is 3.89. The summed E-state index contributed by atoms with van der Waals surface area (Å²) in [6.45, 7) is 0. The molecule has 4 nitrogen and oxygen atoms in total. The molecule has 2 N–H and O–H groups in total. The Bertz CT molecular complexity index is 1140. The number of carbonyl (C=O) groups is 1. The van der Waals surface area contributed by atoms with E-state index in [-0.39, 0.29) is 5.82 Å². The molecule has 0 unspecified atom stereocenters. The maximum Gasteiger partial charge on any atom is 0.248 e. The SMILES string of the molecule is NC(=O)c1ccc(CSc2nc(-c3ccccc3)cn2-c2cccc(F)c2)cc1. The van der Waals surface area contributed by atoms with E-state index in [2.05, 4.69) is 0 Å². The molecule has 0 bridgehead atoms. The van der Waals surface area contributed by atoms with Crippen molar-refractivity contribution in [2.45, 2.75) is 10.9 Å². The van der Waals surface area contributed by atoms with Crippen LogP contribution in [0.1, 0.15) is 15.9 Å². The van der Waals surface area contributed by atoms with Crippen molar-refractivity contribution in [2.75, 3.05) is 0 Å². The zero-order chi connectivity index (χ0) is 20.2. The molecule has 29 heavy (non-hydrogen) atoms. The van der Waals surface area contributed by atoms with Crippen LogP contribution in [0, 0.1) is 5.82 Å². The van der Waals surface area contributed by atoms with E-state index in [9.17, 15) is 9.18 Å². The molecule has 0 saturated carbocycles. The Labute approximate surface area is 172 Å². The minimum atomic E-state index is -0.446. The lowest BCUT2D eigenvalue weighted by Crippen LogP contribution is -2.10. The summed E-state index contributed by atoms with van der Waals surface area (Å²) >= 11 is 1.54. The van der Waals surface area contributed by atoms with Crippen LogP contribution in [0.2, 0.25) is 0 Å². The van der Waals surface area contributed by atoms with Crippen LogP contribution in [0.4, 0.5) is 4.39 Å². The first-order valence-corrected chi connectivity index (χ1v) is 10.0. The van der Waals surface area contributed by atoms with E-state index < -0.39 is 5.91 Å². The zero-order valence-electron chi connectivity index (χ0n) is 15.5. The molecule has 0 saturated heterocycles. The van der Waals surface area contributed by atoms with Crippen molar-refractivity contribution < 1.29 is 9.18 Å². The van der Waals surface area contributed by atoms with Crippen LogP contribution in [0.15, 0.2) is 90.2 Å². The molecular weight excluding hydrogens is 385 g/mol. The third-order valence-electron chi connectivity index (χ3n) is 4.44. The van der Waals surface area contributed by atoms with Gasteiger partial charge in [-0.05, 0) is 35.9 Å². The predicted octanol–water partition coefficient (Wildman–Crippen LogP) is 5.07. The molecular formula is C23H18FN3OS. The second-order valence-electron chi connectivity index (χ2n) is 6.47. The Morgan fingerprint density at radius 2 is 1.76 bits per heavy atom. The molecule has 1 aromatic heterocycles. The van der Waals surface area contributed by atoms with Crippen LogP contribution in [0.25, 0.3) is 16.9 Å². The lowest BCUT2D eigenvalue weighted by Gasteiger charge is -2.07. The number of rotatable bonds is 6. The van der Waals surface area contributed by atoms with E-state index in [1.807, 2.05) is 59.3 Å². The third-order valence-corrected chi connectivity index (χ3v) is 5.46. The van der Waals surface area contributed by atoms with Crippen molar-refractivity contribution >= 4 is 17.7 Å².